The molecule has 1 amide bonds. The van der Waals surface area contributed by atoms with Crippen LogP contribution in [0.3, 0.4) is 0 Å². The monoisotopic (exact) mass is 389 g/mol. The van der Waals surface area contributed by atoms with Gasteiger partial charge in [-0.15, -0.1) is 10.2 Å². The zero-order chi connectivity index (χ0) is 20.2. The summed E-state index contributed by atoms with van der Waals surface area (Å²) in [5.74, 6) is 2.30. The lowest BCUT2D eigenvalue weighted by atomic mass is 10.1. The standard InChI is InChI=1S/C21H19N5O3/c1-28-17-9-4-14(12-18(17)29-2)13-23-20(27)16-7-5-15(6-8-16)19-24-25-21-22-10-3-11-26(19)21/h3-12H,13H2,1-2H3,(H,23,27). The number of aromatic nitrogens is 4. The number of rotatable bonds is 6. The van der Waals surface area contributed by atoms with Gasteiger partial charge >= 0.3 is 0 Å². The van der Waals surface area contributed by atoms with Crippen LogP contribution in [-0.4, -0.2) is 39.7 Å². The maximum atomic E-state index is 12.5. The Morgan fingerprint density at radius 1 is 1.03 bits per heavy atom. The molecule has 0 bridgehead atoms. The number of nitrogens with zero attached hydrogens (tertiary/aromatic N) is 4. The second kappa shape index (κ2) is 7.97. The van der Waals surface area contributed by atoms with Crippen LogP contribution in [0.25, 0.3) is 17.2 Å². The summed E-state index contributed by atoms with van der Waals surface area (Å²) < 4.78 is 12.3. The Morgan fingerprint density at radius 2 is 1.83 bits per heavy atom. The van der Waals surface area contributed by atoms with Gasteiger partial charge in [-0.3, -0.25) is 9.20 Å². The number of amides is 1. The highest BCUT2D eigenvalue weighted by Gasteiger charge is 2.11. The molecule has 4 rings (SSSR count). The van der Waals surface area contributed by atoms with Gasteiger partial charge in [0.25, 0.3) is 11.7 Å². The minimum absolute atomic E-state index is 0.167. The van der Waals surface area contributed by atoms with Crippen molar-refractivity contribution in [3.63, 3.8) is 0 Å². The maximum Gasteiger partial charge on any atom is 0.255 e. The summed E-state index contributed by atoms with van der Waals surface area (Å²) in [6.07, 6.45) is 3.51. The predicted octanol–water partition coefficient (Wildman–Crippen LogP) is 2.74. The molecule has 1 N–H and O–H groups in total. The molecule has 0 aliphatic carbocycles. The molecule has 0 aliphatic heterocycles. The number of hydrogen-bond donors (Lipinski definition) is 1. The van der Waals surface area contributed by atoms with E-state index >= 15 is 0 Å². The van der Waals surface area contributed by atoms with Crippen molar-refractivity contribution in [2.24, 2.45) is 0 Å². The molecule has 0 unspecified atom stereocenters. The molecule has 2 heterocycles. The number of fused-ring (bicyclic) bond motifs is 1. The number of ether oxygens (including phenoxy) is 2. The van der Waals surface area contributed by atoms with Gasteiger partial charge in [-0.1, -0.05) is 18.2 Å². The third-order valence-electron chi connectivity index (χ3n) is 4.50. The molecule has 2 aromatic heterocycles. The summed E-state index contributed by atoms with van der Waals surface area (Å²) >= 11 is 0. The molecular formula is C21H19N5O3. The highest BCUT2D eigenvalue weighted by atomic mass is 16.5. The first-order valence-corrected chi connectivity index (χ1v) is 8.95. The van der Waals surface area contributed by atoms with Gasteiger partial charge in [0.05, 0.1) is 14.2 Å². The fourth-order valence-electron chi connectivity index (χ4n) is 2.99. The number of nitrogens with one attached hydrogen (secondary N) is 1. The van der Waals surface area contributed by atoms with Crippen LogP contribution in [0.4, 0.5) is 0 Å². The molecule has 29 heavy (non-hydrogen) atoms. The summed E-state index contributed by atoms with van der Waals surface area (Å²) in [4.78, 5) is 16.7. The molecule has 0 saturated carbocycles. The topological polar surface area (TPSA) is 90.6 Å². The van der Waals surface area contributed by atoms with Crippen molar-refractivity contribution in [1.29, 1.82) is 0 Å². The van der Waals surface area contributed by atoms with Crippen LogP contribution in [0.15, 0.2) is 60.9 Å². The third kappa shape index (κ3) is 3.73. The summed E-state index contributed by atoms with van der Waals surface area (Å²) in [5.41, 5.74) is 2.32. The minimum Gasteiger partial charge on any atom is -0.493 e. The Labute approximate surface area is 167 Å². The zero-order valence-corrected chi connectivity index (χ0v) is 16.0. The van der Waals surface area contributed by atoms with E-state index in [-0.39, 0.29) is 5.91 Å². The van der Waals surface area contributed by atoms with Crippen molar-refractivity contribution < 1.29 is 14.3 Å². The first kappa shape index (κ1) is 18.4. The van der Waals surface area contributed by atoms with Crippen molar-refractivity contribution in [3.05, 3.63) is 72.1 Å². The van der Waals surface area contributed by atoms with Crippen LogP contribution in [0.1, 0.15) is 15.9 Å². The van der Waals surface area contributed by atoms with Gasteiger partial charge in [-0.05, 0) is 35.9 Å². The van der Waals surface area contributed by atoms with Crippen molar-refractivity contribution in [2.45, 2.75) is 6.54 Å². The molecule has 0 aliphatic rings. The van der Waals surface area contributed by atoms with E-state index in [1.54, 1.807) is 36.9 Å². The molecule has 0 fully saturated rings. The average molecular weight is 389 g/mol. The SMILES string of the molecule is COc1ccc(CNC(=O)c2ccc(-c3nnc4ncccn34)cc2)cc1OC. The molecule has 8 nitrogen and oxygen atoms in total. The quantitative estimate of drug-likeness (QED) is 0.545. The second-order valence-electron chi connectivity index (χ2n) is 6.26. The van der Waals surface area contributed by atoms with E-state index in [1.165, 1.54) is 0 Å². The van der Waals surface area contributed by atoms with Gasteiger partial charge in [-0.25, -0.2) is 4.98 Å². The predicted molar refractivity (Wildman–Crippen MR) is 107 cm³/mol. The van der Waals surface area contributed by atoms with Gasteiger partial charge in [0.1, 0.15) is 0 Å². The molecule has 0 saturated heterocycles. The number of hydrogen-bond acceptors (Lipinski definition) is 6. The normalized spacial score (nSPS) is 10.7. The van der Waals surface area contributed by atoms with Crippen LogP contribution in [0.2, 0.25) is 0 Å². The van der Waals surface area contributed by atoms with Gasteiger partial charge < -0.3 is 14.8 Å². The first-order valence-electron chi connectivity index (χ1n) is 8.95. The summed E-state index contributed by atoms with van der Waals surface area (Å²) in [5, 5.41) is 11.1. The van der Waals surface area contributed by atoms with E-state index in [0.717, 1.165) is 11.1 Å². The Bertz CT molecular complexity index is 1150. The molecule has 2 aromatic carbocycles. The van der Waals surface area contributed by atoms with E-state index < -0.39 is 0 Å². The molecule has 8 heteroatoms. The van der Waals surface area contributed by atoms with Crippen molar-refractivity contribution >= 4 is 11.7 Å². The van der Waals surface area contributed by atoms with Crippen molar-refractivity contribution in [1.82, 2.24) is 24.9 Å². The van der Waals surface area contributed by atoms with E-state index in [2.05, 4.69) is 20.5 Å². The fraction of sp³-hybridized carbons (Fsp3) is 0.143. The third-order valence-corrected chi connectivity index (χ3v) is 4.50. The lowest BCUT2D eigenvalue weighted by molar-refractivity contribution is 0.0951. The van der Waals surface area contributed by atoms with Gasteiger partial charge in [0.15, 0.2) is 17.3 Å². The van der Waals surface area contributed by atoms with E-state index in [1.807, 2.05) is 42.6 Å². The highest BCUT2D eigenvalue weighted by molar-refractivity contribution is 5.94. The Hall–Kier alpha value is -3.94. The number of benzene rings is 2. The highest BCUT2D eigenvalue weighted by Crippen LogP contribution is 2.27. The Balaban J connectivity index is 1.46. The summed E-state index contributed by atoms with van der Waals surface area (Å²) in [6, 6.07) is 14.6. The molecule has 146 valence electrons. The molecule has 4 aromatic rings. The Kier molecular flexibility index (Phi) is 5.07. The zero-order valence-electron chi connectivity index (χ0n) is 16.0. The number of carbonyl (C=O) groups excluding carboxylic acids is 1. The van der Waals surface area contributed by atoms with Gasteiger partial charge in [0.2, 0.25) is 0 Å². The molecule has 0 atom stereocenters. The molecule has 0 spiro atoms. The number of methoxy groups -OCH3 is 2. The van der Waals surface area contributed by atoms with E-state index in [0.29, 0.717) is 35.2 Å². The smallest absolute Gasteiger partial charge is 0.255 e. The lowest BCUT2D eigenvalue weighted by Gasteiger charge is -2.10. The number of carbonyl (C=O) groups is 1. The summed E-state index contributed by atoms with van der Waals surface area (Å²) in [6.45, 7) is 0.376. The lowest BCUT2D eigenvalue weighted by Crippen LogP contribution is -2.22. The maximum absolute atomic E-state index is 12.5. The van der Waals surface area contributed by atoms with Gasteiger partial charge in [0, 0.05) is 30.1 Å². The van der Waals surface area contributed by atoms with Crippen LogP contribution >= 0.6 is 0 Å². The van der Waals surface area contributed by atoms with Crippen LogP contribution < -0.4 is 14.8 Å². The van der Waals surface area contributed by atoms with E-state index in [4.69, 9.17) is 9.47 Å². The fourth-order valence-corrected chi connectivity index (χ4v) is 2.99. The second-order valence-corrected chi connectivity index (χ2v) is 6.26. The average Bonchev–Trinajstić information content (AvgIpc) is 3.21. The van der Waals surface area contributed by atoms with Crippen molar-refractivity contribution in [2.75, 3.05) is 14.2 Å². The van der Waals surface area contributed by atoms with Crippen LogP contribution in [-0.2, 0) is 6.54 Å². The Morgan fingerprint density at radius 3 is 2.59 bits per heavy atom. The molecule has 0 radical (unpaired) electrons. The first-order chi connectivity index (χ1) is 14.2. The summed E-state index contributed by atoms with van der Waals surface area (Å²) in [7, 11) is 3.16. The van der Waals surface area contributed by atoms with Crippen LogP contribution in [0.5, 0.6) is 11.5 Å². The van der Waals surface area contributed by atoms with Crippen molar-refractivity contribution in [3.8, 4) is 22.9 Å². The van der Waals surface area contributed by atoms with Crippen LogP contribution in [0, 0.1) is 0 Å². The largest absolute Gasteiger partial charge is 0.493 e. The minimum atomic E-state index is -0.167. The van der Waals surface area contributed by atoms with E-state index in [9.17, 15) is 4.79 Å². The molecular weight excluding hydrogens is 370 g/mol. The van der Waals surface area contributed by atoms with Gasteiger partial charge in [-0.2, -0.15) is 0 Å².